The van der Waals surface area contributed by atoms with Crippen LogP contribution in [0.25, 0.3) is 0 Å². The molecule has 20 heavy (non-hydrogen) atoms. The standard InChI is InChI=1S/C14H16N2O4/c1-3-20-12(18)10-16(2)14(19)13-11(7-5-9-17)6-4-8-15-13/h4,6,8,17H,3,9-10H2,1-2H3. The molecular formula is C14H16N2O4. The first-order chi connectivity index (χ1) is 9.60. The molecule has 0 aliphatic rings. The largest absolute Gasteiger partial charge is 0.465 e. The number of aliphatic hydroxyl groups excluding tert-OH is 1. The molecule has 0 bridgehead atoms. The molecule has 0 spiro atoms. The van der Waals surface area contributed by atoms with Crippen molar-refractivity contribution in [2.24, 2.45) is 0 Å². The van der Waals surface area contributed by atoms with Crippen molar-refractivity contribution in [3.8, 4) is 11.8 Å². The Morgan fingerprint density at radius 1 is 1.50 bits per heavy atom. The monoisotopic (exact) mass is 276 g/mol. The molecule has 0 unspecified atom stereocenters. The molecule has 0 aromatic carbocycles. The Morgan fingerprint density at radius 2 is 2.25 bits per heavy atom. The van der Waals surface area contributed by atoms with Crippen LogP contribution < -0.4 is 0 Å². The molecule has 0 fully saturated rings. The summed E-state index contributed by atoms with van der Waals surface area (Å²) in [5.74, 6) is 4.20. The highest BCUT2D eigenvalue weighted by atomic mass is 16.5. The second-order valence-corrected chi connectivity index (χ2v) is 3.83. The Kier molecular flexibility index (Phi) is 6.20. The summed E-state index contributed by atoms with van der Waals surface area (Å²) in [6.07, 6.45) is 1.47. The quantitative estimate of drug-likeness (QED) is 0.621. The molecule has 0 radical (unpaired) electrons. The number of hydrogen-bond acceptors (Lipinski definition) is 5. The summed E-state index contributed by atoms with van der Waals surface area (Å²) in [7, 11) is 1.48. The minimum atomic E-state index is -0.484. The molecule has 6 nitrogen and oxygen atoms in total. The third kappa shape index (κ3) is 4.37. The summed E-state index contributed by atoms with van der Waals surface area (Å²) in [6, 6.07) is 3.27. The first-order valence-corrected chi connectivity index (χ1v) is 6.06. The zero-order valence-corrected chi connectivity index (χ0v) is 11.4. The topological polar surface area (TPSA) is 79.7 Å². The number of nitrogens with zero attached hydrogens (tertiary/aromatic N) is 2. The Morgan fingerprint density at radius 3 is 2.90 bits per heavy atom. The minimum absolute atomic E-state index is 0.139. The van der Waals surface area contributed by atoms with Gasteiger partial charge in [-0.3, -0.25) is 9.59 Å². The number of carbonyl (C=O) groups is 2. The van der Waals surface area contributed by atoms with Crippen molar-refractivity contribution in [2.75, 3.05) is 26.8 Å². The second-order valence-electron chi connectivity index (χ2n) is 3.83. The van der Waals surface area contributed by atoms with E-state index in [-0.39, 0.29) is 25.5 Å². The summed E-state index contributed by atoms with van der Waals surface area (Å²) in [5.41, 5.74) is 0.544. The SMILES string of the molecule is CCOC(=O)CN(C)C(=O)c1ncccc1C#CCO. The van der Waals surface area contributed by atoms with Gasteiger partial charge in [-0.2, -0.15) is 0 Å². The van der Waals surface area contributed by atoms with Crippen LogP contribution in [0.3, 0.4) is 0 Å². The first kappa shape index (κ1) is 15.7. The van der Waals surface area contributed by atoms with Gasteiger partial charge in [0.15, 0.2) is 0 Å². The Hall–Kier alpha value is -2.39. The van der Waals surface area contributed by atoms with Crippen molar-refractivity contribution in [3.05, 3.63) is 29.6 Å². The van der Waals surface area contributed by atoms with Crippen LogP contribution in [0.15, 0.2) is 18.3 Å². The average molecular weight is 276 g/mol. The molecule has 1 amide bonds. The number of carbonyl (C=O) groups excluding carboxylic acids is 2. The molecule has 0 aliphatic heterocycles. The number of hydrogen-bond donors (Lipinski definition) is 1. The van der Waals surface area contributed by atoms with Crippen LogP contribution in [-0.4, -0.2) is 53.7 Å². The van der Waals surface area contributed by atoms with Crippen LogP contribution in [0, 0.1) is 11.8 Å². The van der Waals surface area contributed by atoms with Crippen LogP contribution in [0.1, 0.15) is 23.0 Å². The number of likely N-dealkylation sites (N-methyl/N-ethyl adjacent to an activating group) is 1. The van der Waals surface area contributed by atoms with Gasteiger partial charge in [0, 0.05) is 13.2 Å². The number of rotatable bonds is 4. The molecule has 1 N–H and O–H groups in total. The number of amides is 1. The van der Waals surface area contributed by atoms with Gasteiger partial charge in [-0.1, -0.05) is 11.8 Å². The maximum absolute atomic E-state index is 12.2. The zero-order valence-electron chi connectivity index (χ0n) is 11.4. The van der Waals surface area contributed by atoms with E-state index >= 15 is 0 Å². The van der Waals surface area contributed by atoms with E-state index in [0.717, 1.165) is 0 Å². The van der Waals surface area contributed by atoms with Gasteiger partial charge in [0.2, 0.25) is 0 Å². The summed E-state index contributed by atoms with van der Waals surface area (Å²) in [5, 5.41) is 8.69. The molecule has 0 saturated heterocycles. The van der Waals surface area contributed by atoms with Crippen LogP contribution >= 0.6 is 0 Å². The molecular weight excluding hydrogens is 260 g/mol. The van der Waals surface area contributed by atoms with Crippen LogP contribution in [0.2, 0.25) is 0 Å². The molecule has 1 aromatic heterocycles. The maximum Gasteiger partial charge on any atom is 0.325 e. The fourth-order valence-corrected chi connectivity index (χ4v) is 1.46. The molecule has 1 heterocycles. The molecule has 1 rings (SSSR count). The molecule has 0 atom stereocenters. The highest BCUT2D eigenvalue weighted by Crippen LogP contribution is 2.07. The Bertz CT molecular complexity index is 546. The smallest absolute Gasteiger partial charge is 0.325 e. The number of aliphatic hydroxyl groups is 1. The van der Waals surface area contributed by atoms with Gasteiger partial charge in [0.25, 0.3) is 5.91 Å². The molecule has 6 heteroatoms. The number of esters is 1. The second kappa shape index (κ2) is 7.92. The predicted molar refractivity (Wildman–Crippen MR) is 71.8 cm³/mol. The lowest BCUT2D eigenvalue weighted by Gasteiger charge is -2.16. The van der Waals surface area contributed by atoms with E-state index in [4.69, 9.17) is 9.84 Å². The molecule has 0 aliphatic carbocycles. The molecule has 1 aromatic rings. The van der Waals surface area contributed by atoms with E-state index in [1.807, 2.05) is 0 Å². The molecule has 106 valence electrons. The van der Waals surface area contributed by atoms with Gasteiger partial charge in [0.05, 0.1) is 12.2 Å². The van der Waals surface area contributed by atoms with E-state index in [1.165, 1.54) is 18.1 Å². The Labute approximate surface area is 117 Å². The van der Waals surface area contributed by atoms with Crippen molar-refractivity contribution in [3.63, 3.8) is 0 Å². The van der Waals surface area contributed by atoms with Crippen LogP contribution in [-0.2, 0) is 9.53 Å². The minimum Gasteiger partial charge on any atom is -0.465 e. The summed E-state index contributed by atoms with van der Waals surface area (Å²) in [6.45, 7) is 1.50. The van der Waals surface area contributed by atoms with Crippen molar-refractivity contribution in [1.82, 2.24) is 9.88 Å². The highest BCUT2D eigenvalue weighted by Gasteiger charge is 2.19. The lowest BCUT2D eigenvalue weighted by Crippen LogP contribution is -2.34. The van der Waals surface area contributed by atoms with Crippen molar-refractivity contribution in [1.29, 1.82) is 0 Å². The third-order valence-corrected chi connectivity index (χ3v) is 2.33. The summed E-state index contributed by atoms with van der Waals surface area (Å²) in [4.78, 5) is 28.7. The Balaban J connectivity index is 2.89. The van der Waals surface area contributed by atoms with E-state index < -0.39 is 11.9 Å². The predicted octanol–water partition coefficient (Wildman–Crippen LogP) is 0.0605. The summed E-state index contributed by atoms with van der Waals surface area (Å²) < 4.78 is 4.78. The van der Waals surface area contributed by atoms with Crippen molar-refractivity contribution >= 4 is 11.9 Å². The van der Waals surface area contributed by atoms with Gasteiger partial charge in [-0.05, 0) is 19.1 Å². The van der Waals surface area contributed by atoms with Crippen molar-refractivity contribution < 1.29 is 19.4 Å². The van der Waals surface area contributed by atoms with E-state index in [0.29, 0.717) is 5.56 Å². The van der Waals surface area contributed by atoms with E-state index in [2.05, 4.69) is 16.8 Å². The van der Waals surface area contributed by atoms with Crippen LogP contribution in [0.4, 0.5) is 0 Å². The first-order valence-electron chi connectivity index (χ1n) is 6.06. The van der Waals surface area contributed by atoms with Crippen molar-refractivity contribution in [2.45, 2.75) is 6.92 Å². The van der Waals surface area contributed by atoms with Gasteiger partial charge >= 0.3 is 5.97 Å². The number of ether oxygens (including phenoxy) is 1. The van der Waals surface area contributed by atoms with Gasteiger partial charge in [0.1, 0.15) is 18.8 Å². The fraction of sp³-hybridized carbons (Fsp3) is 0.357. The lowest BCUT2D eigenvalue weighted by molar-refractivity contribution is -0.143. The molecule has 0 saturated carbocycles. The number of pyridine rings is 1. The normalized spacial score (nSPS) is 9.35. The zero-order chi connectivity index (χ0) is 15.0. The highest BCUT2D eigenvalue weighted by molar-refractivity contribution is 5.96. The summed E-state index contributed by atoms with van der Waals surface area (Å²) >= 11 is 0. The maximum atomic E-state index is 12.2. The van der Waals surface area contributed by atoms with Gasteiger partial charge in [-0.15, -0.1) is 0 Å². The van der Waals surface area contributed by atoms with Gasteiger partial charge < -0.3 is 14.7 Å². The fourth-order valence-electron chi connectivity index (χ4n) is 1.46. The average Bonchev–Trinajstić information content (AvgIpc) is 2.44. The van der Waals surface area contributed by atoms with E-state index in [9.17, 15) is 9.59 Å². The van der Waals surface area contributed by atoms with E-state index in [1.54, 1.807) is 19.1 Å². The number of aromatic nitrogens is 1. The lowest BCUT2D eigenvalue weighted by atomic mass is 10.2. The third-order valence-electron chi connectivity index (χ3n) is 2.33. The van der Waals surface area contributed by atoms with Gasteiger partial charge in [-0.25, -0.2) is 4.98 Å². The van der Waals surface area contributed by atoms with Crippen LogP contribution in [0.5, 0.6) is 0 Å².